The zero-order valence-electron chi connectivity index (χ0n) is 16.6. The molecule has 146 valence electrons. The number of carbonyl (C=O) groups excluding carboxylic acids is 1. The highest BCUT2D eigenvalue weighted by Gasteiger charge is 2.29. The monoisotopic (exact) mass is 385 g/mol. The van der Waals surface area contributed by atoms with Crippen LogP contribution in [-0.4, -0.2) is 37.1 Å². The normalized spacial score (nSPS) is 14.8. The van der Waals surface area contributed by atoms with E-state index in [9.17, 15) is 4.79 Å². The van der Waals surface area contributed by atoms with Gasteiger partial charge in [0, 0.05) is 48.7 Å². The Morgan fingerprint density at radius 1 is 1.17 bits per heavy atom. The minimum absolute atomic E-state index is 0.113. The van der Waals surface area contributed by atoms with E-state index in [4.69, 9.17) is 0 Å². The predicted molar refractivity (Wildman–Crippen MR) is 112 cm³/mol. The molecular formula is C23H23N5O. The summed E-state index contributed by atoms with van der Waals surface area (Å²) in [5.74, 6) is 0.963. The van der Waals surface area contributed by atoms with Crippen LogP contribution in [-0.2, 0) is 17.8 Å². The Morgan fingerprint density at radius 2 is 2.00 bits per heavy atom. The van der Waals surface area contributed by atoms with E-state index in [0.29, 0.717) is 13.1 Å². The van der Waals surface area contributed by atoms with Gasteiger partial charge in [-0.15, -0.1) is 0 Å². The highest BCUT2D eigenvalue weighted by atomic mass is 16.2. The molecule has 4 aromatic rings. The summed E-state index contributed by atoms with van der Waals surface area (Å²) in [6.07, 6.45) is 4.39. The molecule has 0 radical (unpaired) electrons. The number of aromatic amines is 1. The third-order valence-corrected chi connectivity index (χ3v) is 5.93. The number of nitrogens with one attached hydrogen (secondary N) is 1. The van der Waals surface area contributed by atoms with E-state index in [0.717, 1.165) is 34.8 Å². The summed E-state index contributed by atoms with van der Waals surface area (Å²) in [6.45, 7) is 5.13. The van der Waals surface area contributed by atoms with Crippen molar-refractivity contribution in [3.8, 4) is 11.3 Å². The summed E-state index contributed by atoms with van der Waals surface area (Å²) in [7, 11) is 0. The fraction of sp³-hybridized carbons (Fsp3) is 0.261. The first-order valence-electron chi connectivity index (χ1n) is 9.96. The molecule has 0 saturated heterocycles. The van der Waals surface area contributed by atoms with Crippen LogP contribution in [0.2, 0.25) is 0 Å². The quantitative estimate of drug-likeness (QED) is 0.582. The van der Waals surface area contributed by atoms with E-state index in [1.54, 1.807) is 6.20 Å². The summed E-state index contributed by atoms with van der Waals surface area (Å²) >= 11 is 0. The van der Waals surface area contributed by atoms with Gasteiger partial charge in [0.25, 0.3) is 0 Å². The van der Waals surface area contributed by atoms with Gasteiger partial charge in [0.15, 0.2) is 0 Å². The molecule has 6 nitrogen and oxygen atoms in total. The summed E-state index contributed by atoms with van der Waals surface area (Å²) in [4.78, 5) is 19.4. The van der Waals surface area contributed by atoms with E-state index < -0.39 is 0 Å². The second kappa shape index (κ2) is 6.88. The molecule has 0 fully saturated rings. The smallest absolute Gasteiger partial charge is 0.245 e. The van der Waals surface area contributed by atoms with Crippen LogP contribution in [0, 0.1) is 6.92 Å². The van der Waals surface area contributed by atoms with Gasteiger partial charge >= 0.3 is 0 Å². The van der Waals surface area contributed by atoms with Gasteiger partial charge in [-0.1, -0.05) is 42.5 Å². The molecule has 6 heteroatoms. The molecule has 1 aliphatic heterocycles. The van der Waals surface area contributed by atoms with Crippen LogP contribution in [0.3, 0.4) is 0 Å². The maximum Gasteiger partial charge on any atom is 0.245 e. The zero-order valence-corrected chi connectivity index (χ0v) is 16.6. The van der Waals surface area contributed by atoms with E-state index >= 15 is 0 Å². The highest BCUT2D eigenvalue weighted by molar-refractivity contribution is 5.96. The number of rotatable bonds is 3. The van der Waals surface area contributed by atoms with Crippen molar-refractivity contribution < 1.29 is 4.79 Å². The second-order valence-electron chi connectivity index (χ2n) is 7.62. The lowest BCUT2D eigenvalue weighted by Gasteiger charge is -2.30. The van der Waals surface area contributed by atoms with Crippen molar-refractivity contribution in [1.29, 1.82) is 0 Å². The van der Waals surface area contributed by atoms with Crippen molar-refractivity contribution in [3.05, 3.63) is 71.9 Å². The Hall–Kier alpha value is -3.41. The first-order chi connectivity index (χ1) is 14.1. The summed E-state index contributed by atoms with van der Waals surface area (Å²) in [5, 5.41) is 10.2. The van der Waals surface area contributed by atoms with Crippen molar-refractivity contribution in [1.82, 2.24) is 24.6 Å². The average Bonchev–Trinajstić information content (AvgIpc) is 3.38. The molecule has 0 spiro atoms. The molecule has 29 heavy (non-hydrogen) atoms. The van der Waals surface area contributed by atoms with E-state index in [1.807, 2.05) is 35.6 Å². The predicted octanol–water partition coefficient (Wildman–Crippen LogP) is 3.88. The van der Waals surface area contributed by atoms with Gasteiger partial charge < -0.3 is 9.47 Å². The topological polar surface area (TPSA) is 66.8 Å². The Kier molecular flexibility index (Phi) is 4.19. The van der Waals surface area contributed by atoms with Crippen LogP contribution in [0.5, 0.6) is 0 Å². The minimum atomic E-state index is -0.271. The average molecular weight is 385 g/mol. The summed E-state index contributed by atoms with van der Waals surface area (Å²) < 4.78 is 1.93. The standard InChI is InChI=1S/C23H23N5O/c1-15(28-13-11-24-16(28)2)23(29)27-12-10-21-20(14-27)22(26-25-21)19-9-5-7-17-6-3-4-8-18(17)19/h3-9,11,13,15H,10,12,14H2,1-2H3,(H,25,26). The first-order valence-corrected chi connectivity index (χ1v) is 9.96. The van der Waals surface area contributed by atoms with Crippen LogP contribution in [0.1, 0.15) is 30.0 Å². The summed E-state index contributed by atoms with van der Waals surface area (Å²) in [6, 6.07) is 14.4. The molecule has 1 N–H and O–H groups in total. The lowest BCUT2D eigenvalue weighted by molar-refractivity contribution is -0.135. The van der Waals surface area contributed by atoms with E-state index in [1.165, 1.54) is 10.8 Å². The van der Waals surface area contributed by atoms with Crippen molar-refractivity contribution >= 4 is 16.7 Å². The van der Waals surface area contributed by atoms with Crippen molar-refractivity contribution in [2.24, 2.45) is 0 Å². The zero-order chi connectivity index (χ0) is 20.0. The molecule has 1 unspecified atom stereocenters. The fourth-order valence-corrected chi connectivity index (χ4v) is 4.32. The Labute approximate surface area is 169 Å². The Morgan fingerprint density at radius 3 is 2.83 bits per heavy atom. The maximum atomic E-state index is 13.2. The molecule has 2 aromatic heterocycles. The largest absolute Gasteiger partial charge is 0.336 e. The van der Waals surface area contributed by atoms with Gasteiger partial charge in [-0.2, -0.15) is 5.10 Å². The fourth-order valence-electron chi connectivity index (χ4n) is 4.32. The van der Waals surface area contributed by atoms with Crippen molar-refractivity contribution in [3.63, 3.8) is 0 Å². The molecular weight excluding hydrogens is 362 g/mol. The molecule has 0 bridgehead atoms. The van der Waals surface area contributed by atoms with Gasteiger partial charge in [-0.05, 0) is 24.6 Å². The number of H-pyrrole nitrogens is 1. The Balaban J connectivity index is 1.49. The lowest BCUT2D eigenvalue weighted by atomic mass is 9.96. The van der Waals surface area contributed by atoms with Crippen LogP contribution in [0.25, 0.3) is 22.0 Å². The molecule has 1 aliphatic rings. The number of aryl methyl sites for hydroxylation is 1. The van der Waals surface area contributed by atoms with Gasteiger partial charge in [-0.3, -0.25) is 9.89 Å². The maximum absolute atomic E-state index is 13.2. The van der Waals surface area contributed by atoms with E-state index in [-0.39, 0.29) is 11.9 Å². The van der Waals surface area contributed by atoms with Crippen LogP contribution in [0.15, 0.2) is 54.9 Å². The third-order valence-electron chi connectivity index (χ3n) is 5.93. The van der Waals surface area contributed by atoms with Crippen molar-refractivity contribution in [2.75, 3.05) is 6.54 Å². The number of carbonyl (C=O) groups is 1. The number of nitrogens with zero attached hydrogens (tertiary/aromatic N) is 4. The molecule has 1 atom stereocenters. The SMILES string of the molecule is Cc1nccn1C(C)C(=O)N1CCc2[nH]nc(-c3cccc4ccccc34)c2C1. The molecule has 0 aliphatic carbocycles. The van der Waals surface area contributed by atoms with Crippen LogP contribution < -0.4 is 0 Å². The highest BCUT2D eigenvalue weighted by Crippen LogP contribution is 2.33. The van der Waals surface area contributed by atoms with Crippen LogP contribution in [0.4, 0.5) is 0 Å². The second-order valence-corrected chi connectivity index (χ2v) is 7.62. The van der Waals surface area contributed by atoms with Gasteiger partial charge in [0.1, 0.15) is 11.9 Å². The lowest BCUT2D eigenvalue weighted by Crippen LogP contribution is -2.39. The first kappa shape index (κ1) is 17.7. The molecule has 0 saturated carbocycles. The number of imidazole rings is 1. The van der Waals surface area contributed by atoms with E-state index in [2.05, 4.69) is 51.6 Å². The third kappa shape index (κ3) is 2.92. The van der Waals surface area contributed by atoms with Crippen LogP contribution >= 0.6 is 0 Å². The van der Waals surface area contributed by atoms with Gasteiger partial charge in [0.2, 0.25) is 5.91 Å². The van der Waals surface area contributed by atoms with Gasteiger partial charge in [-0.25, -0.2) is 4.98 Å². The molecule has 5 rings (SSSR count). The van der Waals surface area contributed by atoms with Crippen molar-refractivity contribution in [2.45, 2.75) is 32.9 Å². The minimum Gasteiger partial charge on any atom is -0.336 e. The number of benzene rings is 2. The number of amides is 1. The number of fused-ring (bicyclic) bond motifs is 2. The molecule has 1 amide bonds. The van der Waals surface area contributed by atoms with Gasteiger partial charge in [0.05, 0.1) is 5.69 Å². The Bertz CT molecular complexity index is 1200. The number of aromatic nitrogens is 4. The molecule has 2 aromatic carbocycles. The number of hydrogen-bond acceptors (Lipinski definition) is 3. The number of hydrogen-bond donors (Lipinski definition) is 1. The molecule has 3 heterocycles. The summed E-state index contributed by atoms with van der Waals surface area (Å²) in [5.41, 5.74) is 4.30.